The summed E-state index contributed by atoms with van der Waals surface area (Å²) in [7, 11) is 0. The molecule has 21 heavy (non-hydrogen) atoms. The molecule has 0 aliphatic carbocycles. The third kappa shape index (κ3) is 4.29. The first-order valence-corrected chi connectivity index (χ1v) is 7.88. The summed E-state index contributed by atoms with van der Waals surface area (Å²) in [6.45, 7) is 0.866. The highest BCUT2D eigenvalue weighted by Crippen LogP contribution is 2.21. The molecular weight excluding hydrogens is 292 g/mol. The molecule has 1 heterocycles. The number of phenols is 1. The quantitative estimate of drug-likeness (QED) is 0.890. The van der Waals surface area contributed by atoms with E-state index in [1.807, 2.05) is 0 Å². The Morgan fingerprint density at radius 3 is 2.57 bits per heavy atom. The second-order valence-electron chi connectivity index (χ2n) is 4.73. The molecule has 1 aromatic rings. The van der Waals surface area contributed by atoms with E-state index in [9.17, 15) is 14.7 Å². The molecule has 1 fully saturated rings. The third-order valence-corrected chi connectivity index (χ3v) is 4.23. The van der Waals surface area contributed by atoms with Gasteiger partial charge >= 0.3 is 12.0 Å². The van der Waals surface area contributed by atoms with Crippen LogP contribution in [-0.4, -0.2) is 58.3 Å². The molecule has 0 saturated carbocycles. The summed E-state index contributed by atoms with van der Waals surface area (Å²) >= 11 is 1.80. The number of carbonyl (C=O) groups is 2. The number of amides is 2. The number of carbonyl (C=O) groups excluding carboxylic acids is 1. The van der Waals surface area contributed by atoms with E-state index in [-0.39, 0.29) is 11.8 Å². The second kappa shape index (κ2) is 7.21. The van der Waals surface area contributed by atoms with E-state index in [0.717, 1.165) is 17.9 Å². The van der Waals surface area contributed by atoms with Crippen LogP contribution in [0.1, 0.15) is 6.42 Å². The number of thioether (sulfide) groups is 1. The first-order valence-electron chi connectivity index (χ1n) is 6.73. The maximum Gasteiger partial charge on any atom is 0.325 e. The largest absolute Gasteiger partial charge is 0.508 e. The molecule has 0 aromatic heterocycles. The number of hydrogen-bond acceptors (Lipinski definition) is 4. The van der Waals surface area contributed by atoms with Gasteiger partial charge in [0.15, 0.2) is 0 Å². The van der Waals surface area contributed by atoms with E-state index in [1.165, 1.54) is 17.0 Å². The molecule has 1 saturated heterocycles. The van der Waals surface area contributed by atoms with E-state index in [4.69, 9.17) is 5.11 Å². The van der Waals surface area contributed by atoms with Crippen LogP contribution >= 0.6 is 11.8 Å². The third-order valence-electron chi connectivity index (χ3n) is 3.18. The monoisotopic (exact) mass is 310 g/mol. The molecule has 0 radical (unpaired) electrons. The molecule has 1 aromatic carbocycles. The average molecular weight is 310 g/mol. The number of nitrogens with zero attached hydrogens (tertiary/aromatic N) is 2. The highest BCUT2D eigenvalue weighted by molar-refractivity contribution is 7.99. The molecule has 0 spiro atoms. The summed E-state index contributed by atoms with van der Waals surface area (Å²) in [5.74, 6) is 0.887. The second-order valence-corrected chi connectivity index (χ2v) is 5.96. The van der Waals surface area contributed by atoms with Crippen molar-refractivity contribution in [2.24, 2.45) is 0 Å². The zero-order valence-corrected chi connectivity index (χ0v) is 12.4. The van der Waals surface area contributed by atoms with Crippen LogP contribution in [0.15, 0.2) is 24.3 Å². The Hall–Kier alpha value is -1.89. The van der Waals surface area contributed by atoms with Gasteiger partial charge < -0.3 is 15.1 Å². The van der Waals surface area contributed by atoms with Gasteiger partial charge in [0.2, 0.25) is 0 Å². The summed E-state index contributed by atoms with van der Waals surface area (Å²) in [6, 6.07) is 5.67. The summed E-state index contributed by atoms with van der Waals surface area (Å²) < 4.78 is 0. The van der Waals surface area contributed by atoms with Gasteiger partial charge in [0.05, 0.1) is 0 Å². The number of rotatable bonds is 3. The van der Waals surface area contributed by atoms with Gasteiger partial charge in [-0.25, -0.2) is 4.79 Å². The predicted octanol–water partition coefficient (Wildman–Crippen LogP) is 1.84. The minimum absolute atomic E-state index is 0.0765. The number of hydrogen-bond donors (Lipinski definition) is 2. The van der Waals surface area contributed by atoms with E-state index in [0.29, 0.717) is 18.8 Å². The first kappa shape index (κ1) is 15.5. The van der Waals surface area contributed by atoms with Gasteiger partial charge in [0.25, 0.3) is 0 Å². The zero-order valence-electron chi connectivity index (χ0n) is 11.6. The minimum atomic E-state index is -1.07. The number of aliphatic carboxylic acids is 1. The van der Waals surface area contributed by atoms with Crippen LogP contribution in [-0.2, 0) is 4.79 Å². The number of carboxylic acid groups (broad SMARTS) is 1. The Kier molecular flexibility index (Phi) is 5.32. The van der Waals surface area contributed by atoms with Crippen molar-refractivity contribution in [2.45, 2.75) is 6.42 Å². The van der Waals surface area contributed by atoms with Crippen molar-refractivity contribution in [1.29, 1.82) is 0 Å². The van der Waals surface area contributed by atoms with Gasteiger partial charge in [0.1, 0.15) is 12.3 Å². The Bertz CT molecular complexity index is 498. The molecule has 7 heteroatoms. The lowest BCUT2D eigenvalue weighted by molar-refractivity contribution is -0.135. The summed E-state index contributed by atoms with van der Waals surface area (Å²) in [4.78, 5) is 26.6. The molecule has 2 N–H and O–H groups in total. The summed E-state index contributed by atoms with van der Waals surface area (Å²) in [5.41, 5.74) is 0.470. The average Bonchev–Trinajstić information content (AvgIpc) is 2.74. The summed E-state index contributed by atoms with van der Waals surface area (Å²) in [5, 5.41) is 18.3. The van der Waals surface area contributed by atoms with Crippen LogP contribution < -0.4 is 4.90 Å². The van der Waals surface area contributed by atoms with Crippen LogP contribution in [0.25, 0.3) is 0 Å². The van der Waals surface area contributed by atoms with Crippen molar-refractivity contribution in [3.63, 3.8) is 0 Å². The smallest absolute Gasteiger partial charge is 0.325 e. The molecule has 1 aliphatic heterocycles. The molecule has 1 aliphatic rings. The van der Waals surface area contributed by atoms with E-state index < -0.39 is 12.5 Å². The number of anilines is 1. The lowest BCUT2D eigenvalue weighted by Crippen LogP contribution is -2.46. The molecule has 0 unspecified atom stereocenters. The van der Waals surface area contributed by atoms with Crippen LogP contribution in [0, 0.1) is 0 Å². The van der Waals surface area contributed by atoms with E-state index in [2.05, 4.69) is 0 Å². The number of phenolic OH excluding ortho intramolecular Hbond substituents is 1. The number of carboxylic acids is 1. The molecule has 0 atom stereocenters. The number of urea groups is 1. The minimum Gasteiger partial charge on any atom is -0.508 e. The van der Waals surface area contributed by atoms with Crippen LogP contribution in [0.4, 0.5) is 10.5 Å². The Morgan fingerprint density at radius 1 is 1.19 bits per heavy atom. The van der Waals surface area contributed by atoms with Crippen molar-refractivity contribution in [3.8, 4) is 5.75 Å². The van der Waals surface area contributed by atoms with Crippen molar-refractivity contribution in [1.82, 2.24) is 4.90 Å². The number of aromatic hydroxyl groups is 1. The maximum absolute atomic E-state index is 12.6. The zero-order chi connectivity index (χ0) is 15.2. The predicted molar refractivity (Wildman–Crippen MR) is 82.0 cm³/mol. The number of benzene rings is 1. The van der Waals surface area contributed by atoms with Crippen molar-refractivity contribution < 1.29 is 19.8 Å². The molecule has 114 valence electrons. The normalized spacial score (nSPS) is 15.3. The Labute approximate surface area is 127 Å². The summed E-state index contributed by atoms with van der Waals surface area (Å²) in [6.07, 6.45) is 0.910. The van der Waals surface area contributed by atoms with Crippen molar-refractivity contribution in [2.75, 3.05) is 36.0 Å². The van der Waals surface area contributed by atoms with Crippen LogP contribution in [0.5, 0.6) is 5.75 Å². The first-order chi connectivity index (χ1) is 10.1. The standard InChI is InChI=1S/C14H18N2O4S/c17-12-4-2-11(3-5-12)16(10-13(18)19)14(20)15-6-1-8-21-9-7-15/h2-5,17H,1,6-10H2,(H,18,19). The molecule has 2 amide bonds. The Balaban J connectivity index is 2.19. The fourth-order valence-electron chi connectivity index (χ4n) is 2.15. The van der Waals surface area contributed by atoms with E-state index >= 15 is 0 Å². The van der Waals surface area contributed by atoms with Gasteiger partial charge in [0, 0.05) is 24.5 Å². The van der Waals surface area contributed by atoms with Gasteiger partial charge in [-0.15, -0.1) is 0 Å². The highest BCUT2D eigenvalue weighted by atomic mass is 32.2. The van der Waals surface area contributed by atoms with Crippen LogP contribution in [0.3, 0.4) is 0 Å². The van der Waals surface area contributed by atoms with Crippen molar-refractivity contribution >= 4 is 29.4 Å². The molecular formula is C14H18N2O4S. The van der Waals surface area contributed by atoms with Gasteiger partial charge in [-0.1, -0.05) is 0 Å². The van der Waals surface area contributed by atoms with Gasteiger partial charge in [-0.05, 0) is 36.4 Å². The lowest BCUT2D eigenvalue weighted by atomic mass is 10.2. The molecule has 0 bridgehead atoms. The fraction of sp³-hybridized carbons (Fsp3) is 0.429. The maximum atomic E-state index is 12.6. The van der Waals surface area contributed by atoms with Gasteiger partial charge in [-0.3, -0.25) is 9.69 Å². The van der Waals surface area contributed by atoms with E-state index in [1.54, 1.807) is 28.8 Å². The van der Waals surface area contributed by atoms with Gasteiger partial charge in [-0.2, -0.15) is 11.8 Å². The van der Waals surface area contributed by atoms with Crippen LogP contribution in [0.2, 0.25) is 0 Å². The fourth-order valence-corrected chi connectivity index (χ4v) is 3.03. The Morgan fingerprint density at radius 2 is 1.90 bits per heavy atom. The highest BCUT2D eigenvalue weighted by Gasteiger charge is 2.25. The van der Waals surface area contributed by atoms with Crippen molar-refractivity contribution in [3.05, 3.63) is 24.3 Å². The molecule has 2 rings (SSSR count). The lowest BCUT2D eigenvalue weighted by Gasteiger charge is -2.28. The SMILES string of the molecule is O=C(O)CN(C(=O)N1CCCSCC1)c1ccc(O)cc1. The molecule has 6 nitrogen and oxygen atoms in total. The topological polar surface area (TPSA) is 81.1 Å².